The number of rotatable bonds is 1. The van der Waals surface area contributed by atoms with Crippen LogP contribution in [0.5, 0.6) is 0 Å². The summed E-state index contributed by atoms with van der Waals surface area (Å²) >= 11 is 0. The van der Waals surface area contributed by atoms with Crippen molar-refractivity contribution in [2.75, 3.05) is 0 Å². The molecule has 2 bridgehead atoms. The van der Waals surface area contributed by atoms with Gasteiger partial charge in [0, 0.05) is 0 Å². The Hall–Kier alpha value is -0.260. The smallest absolute Gasteiger partial charge is 0.0197 e. The minimum Gasteiger partial charge on any atom is -0.0851 e. The van der Waals surface area contributed by atoms with Gasteiger partial charge < -0.3 is 0 Å². The lowest BCUT2D eigenvalue weighted by molar-refractivity contribution is 0.141. The largest absolute Gasteiger partial charge is 0.0851 e. The van der Waals surface area contributed by atoms with Gasteiger partial charge in [0.15, 0.2) is 0 Å². The molecule has 4 aliphatic rings. The lowest BCUT2D eigenvalue weighted by Crippen LogP contribution is -2.28. The van der Waals surface area contributed by atoms with Crippen LogP contribution in [0, 0.1) is 35.5 Å². The van der Waals surface area contributed by atoms with E-state index >= 15 is 0 Å². The zero-order valence-corrected chi connectivity index (χ0v) is 10.3. The van der Waals surface area contributed by atoms with Crippen molar-refractivity contribution in [3.05, 3.63) is 12.2 Å². The van der Waals surface area contributed by atoms with Crippen LogP contribution >= 0.6 is 0 Å². The highest BCUT2D eigenvalue weighted by Crippen LogP contribution is 2.53. The van der Waals surface area contributed by atoms with Crippen LogP contribution < -0.4 is 0 Å². The zero-order chi connectivity index (χ0) is 10.5. The van der Waals surface area contributed by atoms with Gasteiger partial charge in [0.05, 0.1) is 0 Å². The van der Waals surface area contributed by atoms with Gasteiger partial charge in [0.2, 0.25) is 0 Å². The lowest BCUT2D eigenvalue weighted by atomic mass is 9.68. The van der Waals surface area contributed by atoms with Gasteiger partial charge in [-0.15, -0.1) is 0 Å². The molecule has 3 saturated carbocycles. The summed E-state index contributed by atoms with van der Waals surface area (Å²) in [7, 11) is 0. The highest BCUT2D eigenvalue weighted by Gasteiger charge is 2.43. The van der Waals surface area contributed by atoms with Crippen LogP contribution in [-0.4, -0.2) is 0 Å². The Labute approximate surface area is 99.5 Å². The standard InChI is InChI=1S/C16H24/c1-2-12-6-7-15(10-13(12)3-1)16-9-11-4-5-14(16)8-11/h4-5,11-16H,1-3,6-10H2. The second-order valence-corrected chi connectivity index (χ2v) is 6.97. The SMILES string of the molecule is C1=CC2CC1CC2C1CCC2CCCC2C1. The molecular weight excluding hydrogens is 192 g/mol. The molecule has 4 rings (SSSR count). The molecule has 0 aromatic carbocycles. The van der Waals surface area contributed by atoms with E-state index in [1.165, 1.54) is 6.42 Å². The van der Waals surface area contributed by atoms with Crippen LogP contribution in [0.4, 0.5) is 0 Å². The second kappa shape index (κ2) is 3.62. The van der Waals surface area contributed by atoms with E-state index in [0.717, 1.165) is 35.5 Å². The van der Waals surface area contributed by atoms with Crippen LogP contribution in [0.15, 0.2) is 12.2 Å². The summed E-state index contributed by atoms with van der Waals surface area (Å²) < 4.78 is 0. The fourth-order valence-corrected chi connectivity index (χ4v) is 5.49. The molecule has 0 amide bonds. The Balaban J connectivity index is 1.47. The molecular formula is C16H24. The first-order chi connectivity index (χ1) is 7.90. The third kappa shape index (κ3) is 1.41. The van der Waals surface area contributed by atoms with Gasteiger partial charge in [-0.3, -0.25) is 0 Å². The summed E-state index contributed by atoms with van der Waals surface area (Å²) in [5.41, 5.74) is 0. The molecule has 0 aliphatic heterocycles. The molecule has 0 radical (unpaired) electrons. The van der Waals surface area contributed by atoms with Gasteiger partial charge >= 0.3 is 0 Å². The number of hydrogen-bond acceptors (Lipinski definition) is 0. The molecule has 16 heavy (non-hydrogen) atoms. The Kier molecular flexibility index (Phi) is 2.20. The van der Waals surface area contributed by atoms with Crippen molar-refractivity contribution in [3.63, 3.8) is 0 Å². The lowest BCUT2D eigenvalue weighted by Gasteiger charge is -2.37. The van der Waals surface area contributed by atoms with Crippen molar-refractivity contribution in [1.82, 2.24) is 0 Å². The summed E-state index contributed by atoms with van der Waals surface area (Å²) in [6.07, 6.45) is 17.5. The molecule has 6 unspecified atom stereocenters. The molecule has 0 heterocycles. The van der Waals surface area contributed by atoms with E-state index in [1.807, 2.05) is 0 Å². The van der Waals surface area contributed by atoms with E-state index in [9.17, 15) is 0 Å². The molecule has 4 aliphatic carbocycles. The maximum atomic E-state index is 2.56. The van der Waals surface area contributed by atoms with Gasteiger partial charge in [-0.25, -0.2) is 0 Å². The predicted octanol–water partition coefficient (Wildman–Crippen LogP) is 4.42. The van der Waals surface area contributed by atoms with E-state index in [4.69, 9.17) is 0 Å². The quantitative estimate of drug-likeness (QED) is 0.569. The normalized spacial score (nSPS) is 54.5. The molecule has 3 fully saturated rings. The molecule has 0 aromatic rings. The first-order valence-corrected chi connectivity index (χ1v) is 7.58. The molecule has 0 saturated heterocycles. The molecule has 88 valence electrons. The molecule has 0 spiro atoms. The molecule has 0 nitrogen and oxygen atoms in total. The zero-order valence-electron chi connectivity index (χ0n) is 10.3. The third-order valence-electron chi connectivity index (χ3n) is 6.27. The second-order valence-electron chi connectivity index (χ2n) is 6.97. The van der Waals surface area contributed by atoms with Crippen molar-refractivity contribution in [2.24, 2.45) is 35.5 Å². The third-order valence-corrected chi connectivity index (χ3v) is 6.27. The van der Waals surface area contributed by atoms with Gasteiger partial charge in [0.25, 0.3) is 0 Å². The maximum Gasteiger partial charge on any atom is -0.0197 e. The summed E-state index contributed by atoms with van der Waals surface area (Å²) in [6, 6.07) is 0. The molecule has 0 aromatic heterocycles. The van der Waals surface area contributed by atoms with E-state index in [1.54, 1.807) is 44.9 Å². The topological polar surface area (TPSA) is 0 Å². The highest BCUT2D eigenvalue weighted by atomic mass is 14.5. The maximum absolute atomic E-state index is 2.56. The van der Waals surface area contributed by atoms with Crippen LogP contribution in [0.25, 0.3) is 0 Å². The fraction of sp³-hybridized carbons (Fsp3) is 0.875. The average molecular weight is 216 g/mol. The average Bonchev–Trinajstić information content (AvgIpc) is 3.03. The molecule has 0 N–H and O–H groups in total. The van der Waals surface area contributed by atoms with Crippen molar-refractivity contribution < 1.29 is 0 Å². The first kappa shape index (κ1) is 9.74. The summed E-state index contributed by atoms with van der Waals surface area (Å²) in [4.78, 5) is 0. The van der Waals surface area contributed by atoms with Gasteiger partial charge in [-0.2, -0.15) is 0 Å². The summed E-state index contributed by atoms with van der Waals surface area (Å²) in [6.45, 7) is 0. The Morgan fingerprint density at radius 1 is 0.688 bits per heavy atom. The predicted molar refractivity (Wildman–Crippen MR) is 67.0 cm³/mol. The van der Waals surface area contributed by atoms with Crippen LogP contribution in [-0.2, 0) is 0 Å². The van der Waals surface area contributed by atoms with Crippen molar-refractivity contribution >= 4 is 0 Å². The minimum atomic E-state index is 0.983. The van der Waals surface area contributed by atoms with E-state index in [-0.39, 0.29) is 0 Å². The number of fused-ring (bicyclic) bond motifs is 3. The van der Waals surface area contributed by atoms with Crippen LogP contribution in [0.2, 0.25) is 0 Å². The van der Waals surface area contributed by atoms with E-state index < -0.39 is 0 Å². The summed E-state index contributed by atoms with van der Waals surface area (Å²) in [5.74, 6) is 6.47. The van der Waals surface area contributed by atoms with Crippen molar-refractivity contribution in [1.29, 1.82) is 0 Å². The minimum absolute atomic E-state index is 0.983. The van der Waals surface area contributed by atoms with Crippen LogP contribution in [0.1, 0.15) is 51.4 Å². The molecule has 6 atom stereocenters. The number of hydrogen-bond donors (Lipinski definition) is 0. The monoisotopic (exact) mass is 216 g/mol. The first-order valence-electron chi connectivity index (χ1n) is 7.58. The van der Waals surface area contributed by atoms with Gasteiger partial charge in [-0.1, -0.05) is 31.4 Å². The van der Waals surface area contributed by atoms with Crippen LogP contribution in [0.3, 0.4) is 0 Å². The highest BCUT2D eigenvalue weighted by molar-refractivity contribution is 5.11. The molecule has 0 heteroatoms. The van der Waals surface area contributed by atoms with E-state index in [2.05, 4.69) is 12.2 Å². The van der Waals surface area contributed by atoms with E-state index in [0.29, 0.717) is 0 Å². The van der Waals surface area contributed by atoms with Gasteiger partial charge in [-0.05, 0) is 67.6 Å². The van der Waals surface area contributed by atoms with Gasteiger partial charge in [0.1, 0.15) is 0 Å². The van der Waals surface area contributed by atoms with Crippen molar-refractivity contribution in [2.45, 2.75) is 51.4 Å². The van der Waals surface area contributed by atoms with Crippen molar-refractivity contribution in [3.8, 4) is 0 Å². The Bertz CT molecular complexity index is 303. The Morgan fingerprint density at radius 3 is 2.38 bits per heavy atom. The Morgan fingerprint density at radius 2 is 1.56 bits per heavy atom. The fourth-order valence-electron chi connectivity index (χ4n) is 5.49. The summed E-state index contributed by atoms with van der Waals surface area (Å²) in [5, 5.41) is 0. The number of allylic oxidation sites excluding steroid dienone is 2.